The quantitative estimate of drug-likeness (QED) is 0.884. The van der Waals surface area contributed by atoms with Gasteiger partial charge in [-0.25, -0.2) is 4.98 Å². The number of fused-ring (bicyclic) bond motifs is 1. The average molecular weight is 289 g/mol. The van der Waals surface area contributed by atoms with E-state index in [0.29, 0.717) is 13.0 Å². The third-order valence-electron chi connectivity index (χ3n) is 3.67. The Labute approximate surface area is 125 Å². The molecule has 1 unspecified atom stereocenters. The van der Waals surface area contributed by atoms with Crippen LogP contribution in [0.25, 0.3) is 11.0 Å². The lowest BCUT2D eigenvalue weighted by Gasteiger charge is -2.29. The number of amides is 1. The van der Waals surface area contributed by atoms with Crippen molar-refractivity contribution in [3.05, 3.63) is 30.6 Å². The van der Waals surface area contributed by atoms with Crippen LogP contribution in [0.5, 0.6) is 0 Å². The van der Waals surface area contributed by atoms with Gasteiger partial charge in [0.2, 0.25) is 5.91 Å². The molecule has 21 heavy (non-hydrogen) atoms. The molecule has 1 heterocycles. The summed E-state index contributed by atoms with van der Waals surface area (Å²) in [6, 6.07) is 7.62. The van der Waals surface area contributed by atoms with Crippen molar-refractivity contribution in [3.63, 3.8) is 0 Å². The Hall–Kier alpha value is -1.88. The maximum Gasteiger partial charge on any atom is 0.222 e. The predicted molar refractivity (Wildman–Crippen MR) is 82.8 cm³/mol. The maximum atomic E-state index is 12.0. The number of aryl methyl sites for hydroxylation is 1. The molecule has 1 aromatic carbocycles. The molecule has 2 rings (SSSR count). The third kappa shape index (κ3) is 3.82. The number of hydrogen-bond donors (Lipinski definition) is 2. The van der Waals surface area contributed by atoms with Gasteiger partial charge in [-0.2, -0.15) is 0 Å². The Morgan fingerprint density at radius 2 is 2.10 bits per heavy atom. The molecule has 0 saturated carbocycles. The van der Waals surface area contributed by atoms with Crippen LogP contribution in [0.4, 0.5) is 0 Å². The molecule has 1 amide bonds. The van der Waals surface area contributed by atoms with Gasteiger partial charge in [-0.3, -0.25) is 4.79 Å². The molecule has 2 N–H and O–H groups in total. The fraction of sp³-hybridized carbons (Fsp3) is 0.500. The summed E-state index contributed by atoms with van der Waals surface area (Å²) in [6.45, 7) is 6.52. The van der Waals surface area contributed by atoms with Gasteiger partial charge >= 0.3 is 0 Å². The molecule has 1 atom stereocenters. The molecule has 0 bridgehead atoms. The Morgan fingerprint density at radius 3 is 2.76 bits per heavy atom. The zero-order chi connectivity index (χ0) is 15.5. The van der Waals surface area contributed by atoms with E-state index < -0.39 is 0 Å². The highest BCUT2D eigenvalue weighted by Gasteiger charge is 2.25. The second kappa shape index (κ2) is 6.26. The predicted octanol–water partition coefficient (Wildman–Crippen LogP) is 1.95. The van der Waals surface area contributed by atoms with Crippen LogP contribution in [0.1, 0.15) is 27.2 Å². The highest BCUT2D eigenvalue weighted by Crippen LogP contribution is 2.19. The van der Waals surface area contributed by atoms with Crippen molar-refractivity contribution >= 4 is 16.9 Å². The zero-order valence-corrected chi connectivity index (χ0v) is 12.8. The first-order valence-electron chi connectivity index (χ1n) is 7.22. The van der Waals surface area contributed by atoms with Crippen LogP contribution in [0.15, 0.2) is 30.6 Å². The summed E-state index contributed by atoms with van der Waals surface area (Å²) >= 11 is 0. The van der Waals surface area contributed by atoms with Crippen molar-refractivity contribution in [1.82, 2.24) is 14.9 Å². The van der Waals surface area contributed by atoms with Crippen LogP contribution >= 0.6 is 0 Å². The summed E-state index contributed by atoms with van der Waals surface area (Å²) in [6.07, 6.45) is 2.12. The average Bonchev–Trinajstić information content (AvgIpc) is 2.84. The fourth-order valence-corrected chi connectivity index (χ4v) is 2.21. The monoisotopic (exact) mass is 289 g/mol. The van der Waals surface area contributed by atoms with Crippen LogP contribution in [0.3, 0.4) is 0 Å². The van der Waals surface area contributed by atoms with Gasteiger partial charge in [0.05, 0.1) is 30.0 Å². The van der Waals surface area contributed by atoms with Gasteiger partial charge in [-0.1, -0.05) is 32.9 Å². The van der Waals surface area contributed by atoms with Gasteiger partial charge in [-0.05, 0) is 17.5 Å². The summed E-state index contributed by atoms with van der Waals surface area (Å²) < 4.78 is 1.97. The lowest BCUT2D eigenvalue weighted by molar-refractivity contribution is -0.123. The van der Waals surface area contributed by atoms with Crippen LogP contribution in [-0.4, -0.2) is 33.2 Å². The van der Waals surface area contributed by atoms with Crippen molar-refractivity contribution in [2.24, 2.45) is 5.41 Å². The first-order valence-corrected chi connectivity index (χ1v) is 7.22. The third-order valence-corrected chi connectivity index (χ3v) is 3.67. The van der Waals surface area contributed by atoms with Gasteiger partial charge in [0, 0.05) is 13.0 Å². The number of nitrogens with one attached hydrogen (secondary N) is 1. The Bertz CT molecular complexity index is 613. The standard InChI is InChI=1S/C16H23N3O2/c1-16(2,3)14(10-20)18-15(21)8-9-19-11-17-12-6-4-5-7-13(12)19/h4-7,11,14,20H,8-10H2,1-3H3,(H,18,21). The summed E-state index contributed by atoms with van der Waals surface area (Å²) in [5.74, 6) is -0.0539. The van der Waals surface area contributed by atoms with E-state index in [-0.39, 0.29) is 24.0 Å². The first kappa shape index (κ1) is 15.5. The molecule has 5 heteroatoms. The fourth-order valence-electron chi connectivity index (χ4n) is 2.21. The normalized spacial score (nSPS) is 13.3. The van der Waals surface area contributed by atoms with Crippen LogP contribution in [0.2, 0.25) is 0 Å². The Kier molecular flexibility index (Phi) is 4.63. The molecule has 0 aliphatic carbocycles. The SMILES string of the molecule is CC(C)(C)C(CO)NC(=O)CCn1cnc2ccccc21. The molecular formula is C16H23N3O2. The number of imidazole rings is 1. The largest absolute Gasteiger partial charge is 0.394 e. The lowest BCUT2D eigenvalue weighted by Crippen LogP contribution is -2.46. The number of carbonyl (C=O) groups excluding carboxylic acids is 1. The number of aliphatic hydroxyl groups excluding tert-OH is 1. The van der Waals surface area contributed by atoms with E-state index in [1.165, 1.54) is 0 Å². The highest BCUT2D eigenvalue weighted by molar-refractivity contribution is 5.77. The van der Waals surface area contributed by atoms with Gasteiger partial charge < -0.3 is 15.0 Å². The van der Waals surface area contributed by atoms with Crippen molar-refractivity contribution in [3.8, 4) is 0 Å². The number of aliphatic hydroxyl groups is 1. The number of benzene rings is 1. The zero-order valence-electron chi connectivity index (χ0n) is 12.8. The summed E-state index contributed by atoms with van der Waals surface area (Å²) in [7, 11) is 0. The highest BCUT2D eigenvalue weighted by atomic mass is 16.3. The molecule has 0 radical (unpaired) electrons. The molecule has 0 aliphatic heterocycles. The summed E-state index contributed by atoms with van der Waals surface area (Å²) in [5, 5.41) is 12.3. The van der Waals surface area contributed by atoms with E-state index in [0.717, 1.165) is 11.0 Å². The summed E-state index contributed by atoms with van der Waals surface area (Å²) in [4.78, 5) is 16.3. The topological polar surface area (TPSA) is 67.2 Å². The molecule has 0 saturated heterocycles. The second-order valence-corrected chi connectivity index (χ2v) is 6.35. The van der Waals surface area contributed by atoms with E-state index in [9.17, 15) is 9.90 Å². The van der Waals surface area contributed by atoms with Crippen molar-refractivity contribution in [2.75, 3.05) is 6.61 Å². The van der Waals surface area contributed by atoms with Crippen LogP contribution in [0, 0.1) is 5.41 Å². The number of aromatic nitrogens is 2. The number of rotatable bonds is 5. The van der Waals surface area contributed by atoms with Gasteiger partial charge in [-0.15, -0.1) is 0 Å². The van der Waals surface area contributed by atoms with E-state index in [1.54, 1.807) is 6.33 Å². The van der Waals surface area contributed by atoms with Gasteiger partial charge in [0.1, 0.15) is 0 Å². The molecule has 1 aromatic heterocycles. The lowest BCUT2D eigenvalue weighted by atomic mass is 9.87. The minimum atomic E-state index is -0.232. The number of hydrogen-bond acceptors (Lipinski definition) is 3. The number of carbonyl (C=O) groups is 1. The molecule has 2 aromatic rings. The Balaban J connectivity index is 1.95. The first-order chi connectivity index (χ1) is 9.91. The minimum absolute atomic E-state index is 0.0523. The molecule has 0 fully saturated rings. The number of nitrogens with zero attached hydrogens (tertiary/aromatic N) is 2. The van der Waals surface area contributed by atoms with Crippen molar-refractivity contribution in [1.29, 1.82) is 0 Å². The summed E-state index contributed by atoms with van der Waals surface area (Å²) in [5.41, 5.74) is 1.80. The second-order valence-electron chi connectivity index (χ2n) is 6.35. The van der Waals surface area contributed by atoms with Gasteiger partial charge in [0.25, 0.3) is 0 Å². The van der Waals surface area contributed by atoms with E-state index in [4.69, 9.17) is 0 Å². The maximum absolute atomic E-state index is 12.0. The molecule has 0 aliphatic rings. The minimum Gasteiger partial charge on any atom is -0.394 e. The molecule has 114 valence electrons. The molecule has 5 nitrogen and oxygen atoms in total. The van der Waals surface area contributed by atoms with E-state index in [2.05, 4.69) is 10.3 Å². The van der Waals surface area contributed by atoms with Crippen LogP contribution in [-0.2, 0) is 11.3 Å². The van der Waals surface area contributed by atoms with E-state index in [1.807, 2.05) is 49.6 Å². The molecule has 0 spiro atoms. The van der Waals surface area contributed by atoms with Crippen molar-refractivity contribution in [2.45, 2.75) is 39.8 Å². The Morgan fingerprint density at radius 1 is 1.38 bits per heavy atom. The van der Waals surface area contributed by atoms with Gasteiger partial charge in [0.15, 0.2) is 0 Å². The van der Waals surface area contributed by atoms with Crippen LogP contribution < -0.4 is 5.32 Å². The van der Waals surface area contributed by atoms with Crippen molar-refractivity contribution < 1.29 is 9.90 Å². The van der Waals surface area contributed by atoms with E-state index >= 15 is 0 Å². The molecular weight excluding hydrogens is 266 g/mol. The number of para-hydroxylation sites is 2. The smallest absolute Gasteiger partial charge is 0.222 e.